The summed E-state index contributed by atoms with van der Waals surface area (Å²) in [5, 5.41) is 0. The number of rotatable bonds is 3. The zero-order valence-electron chi connectivity index (χ0n) is 10.1. The SMILES string of the molecule is COC(=O)[C@H](C)[C@@H](C)/C=C1/CCCC=C1Br. The lowest BCUT2D eigenvalue weighted by molar-refractivity contribution is -0.145. The van der Waals surface area contributed by atoms with Crippen LogP contribution in [0, 0.1) is 11.8 Å². The fraction of sp³-hybridized carbons (Fsp3) is 0.615. The van der Waals surface area contributed by atoms with E-state index in [0.717, 1.165) is 12.8 Å². The maximum absolute atomic E-state index is 11.4. The summed E-state index contributed by atoms with van der Waals surface area (Å²) >= 11 is 3.56. The van der Waals surface area contributed by atoms with E-state index in [4.69, 9.17) is 4.74 Å². The van der Waals surface area contributed by atoms with Crippen molar-refractivity contribution in [2.45, 2.75) is 33.1 Å². The summed E-state index contributed by atoms with van der Waals surface area (Å²) < 4.78 is 5.94. The Labute approximate surface area is 106 Å². The average Bonchev–Trinajstić information content (AvgIpc) is 2.30. The largest absolute Gasteiger partial charge is 0.469 e. The highest BCUT2D eigenvalue weighted by atomic mass is 79.9. The van der Waals surface area contributed by atoms with E-state index >= 15 is 0 Å². The molecule has 0 unspecified atom stereocenters. The van der Waals surface area contributed by atoms with E-state index in [0.29, 0.717) is 0 Å². The predicted octanol–water partition coefficient (Wildman–Crippen LogP) is 3.82. The number of hydrogen-bond donors (Lipinski definition) is 0. The second-order valence-corrected chi connectivity index (χ2v) is 5.16. The molecule has 0 heterocycles. The van der Waals surface area contributed by atoms with Crippen LogP contribution in [0.4, 0.5) is 0 Å². The Morgan fingerprint density at radius 3 is 2.81 bits per heavy atom. The van der Waals surface area contributed by atoms with Crippen LogP contribution < -0.4 is 0 Å². The summed E-state index contributed by atoms with van der Waals surface area (Å²) in [7, 11) is 1.44. The maximum atomic E-state index is 11.4. The molecule has 0 radical (unpaired) electrons. The zero-order valence-corrected chi connectivity index (χ0v) is 11.7. The standard InChI is InChI=1S/C13H19BrO2/c1-9(10(2)13(15)16-3)8-11-6-4-5-7-12(11)14/h7-10H,4-6H2,1-3H3/b11-8-/t9-,10+/m0/s1. The van der Waals surface area contributed by atoms with E-state index in [1.807, 2.05) is 6.92 Å². The van der Waals surface area contributed by atoms with Crippen LogP contribution in [0.2, 0.25) is 0 Å². The van der Waals surface area contributed by atoms with Gasteiger partial charge in [-0.1, -0.05) is 41.9 Å². The lowest BCUT2D eigenvalue weighted by atomic mass is 9.91. The molecule has 0 fully saturated rings. The van der Waals surface area contributed by atoms with Crippen molar-refractivity contribution in [1.82, 2.24) is 0 Å². The fourth-order valence-electron chi connectivity index (χ4n) is 1.80. The lowest BCUT2D eigenvalue weighted by Crippen LogP contribution is -2.19. The molecule has 0 amide bonds. The molecular formula is C13H19BrO2. The molecule has 90 valence electrons. The third-order valence-corrected chi connectivity index (χ3v) is 3.94. The minimum absolute atomic E-state index is 0.0836. The fourth-order valence-corrected chi connectivity index (χ4v) is 2.36. The Bertz CT molecular complexity index is 318. The molecule has 0 aromatic carbocycles. The van der Waals surface area contributed by atoms with Gasteiger partial charge in [-0.05, 0) is 30.8 Å². The molecule has 1 aliphatic carbocycles. The van der Waals surface area contributed by atoms with Crippen molar-refractivity contribution < 1.29 is 9.53 Å². The third-order valence-electron chi connectivity index (χ3n) is 3.11. The Morgan fingerprint density at radius 2 is 2.25 bits per heavy atom. The van der Waals surface area contributed by atoms with E-state index < -0.39 is 0 Å². The predicted molar refractivity (Wildman–Crippen MR) is 69.3 cm³/mol. The summed E-state index contributed by atoms with van der Waals surface area (Å²) in [5.41, 5.74) is 1.31. The molecule has 0 N–H and O–H groups in total. The molecule has 0 saturated heterocycles. The molecule has 1 aliphatic rings. The summed E-state index contributed by atoms with van der Waals surface area (Å²) in [4.78, 5) is 11.4. The van der Waals surface area contributed by atoms with Gasteiger partial charge in [0.2, 0.25) is 0 Å². The van der Waals surface area contributed by atoms with Gasteiger partial charge in [-0.2, -0.15) is 0 Å². The Morgan fingerprint density at radius 1 is 1.56 bits per heavy atom. The number of hydrogen-bond acceptors (Lipinski definition) is 2. The van der Waals surface area contributed by atoms with Crippen LogP contribution in [-0.4, -0.2) is 13.1 Å². The monoisotopic (exact) mass is 286 g/mol. The first-order valence-electron chi connectivity index (χ1n) is 5.70. The van der Waals surface area contributed by atoms with Gasteiger partial charge in [0.15, 0.2) is 0 Å². The zero-order chi connectivity index (χ0) is 12.1. The van der Waals surface area contributed by atoms with Gasteiger partial charge in [-0.25, -0.2) is 0 Å². The van der Waals surface area contributed by atoms with E-state index in [1.54, 1.807) is 0 Å². The quantitative estimate of drug-likeness (QED) is 0.738. The molecule has 0 spiro atoms. The number of halogens is 1. The maximum Gasteiger partial charge on any atom is 0.308 e. The van der Waals surface area contributed by atoms with Crippen LogP contribution in [0.1, 0.15) is 33.1 Å². The smallest absolute Gasteiger partial charge is 0.308 e. The van der Waals surface area contributed by atoms with Crippen molar-refractivity contribution >= 4 is 21.9 Å². The van der Waals surface area contributed by atoms with Crippen molar-refractivity contribution in [2.24, 2.45) is 11.8 Å². The van der Waals surface area contributed by atoms with Crippen LogP contribution in [0.5, 0.6) is 0 Å². The number of carbonyl (C=O) groups excluding carboxylic acids is 1. The number of ether oxygens (including phenoxy) is 1. The molecule has 16 heavy (non-hydrogen) atoms. The third kappa shape index (κ3) is 3.48. The summed E-state index contributed by atoms with van der Waals surface area (Å²) in [5.74, 6) is -0.0125. The second-order valence-electron chi connectivity index (χ2n) is 4.31. The molecule has 0 saturated carbocycles. The van der Waals surface area contributed by atoms with Gasteiger partial charge in [-0.15, -0.1) is 0 Å². The molecule has 3 heteroatoms. The Balaban J connectivity index is 2.71. The van der Waals surface area contributed by atoms with Gasteiger partial charge in [-0.3, -0.25) is 4.79 Å². The first-order chi connectivity index (χ1) is 7.56. The van der Waals surface area contributed by atoms with Gasteiger partial charge in [0.05, 0.1) is 13.0 Å². The van der Waals surface area contributed by atoms with Crippen molar-refractivity contribution in [3.05, 3.63) is 22.2 Å². The van der Waals surface area contributed by atoms with E-state index in [1.165, 1.54) is 23.6 Å². The van der Waals surface area contributed by atoms with Crippen LogP contribution in [0.3, 0.4) is 0 Å². The van der Waals surface area contributed by atoms with Crippen LogP contribution in [0.15, 0.2) is 22.2 Å². The lowest BCUT2D eigenvalue weighted by Gasteiger charge is -2.18. The first kappa shape index (κ1) is 13.5. The molecule has 2 nitrogen and oxygen atoms in total. The Kier molecular flexibility index (Phi) is 5.26. The summed E-state index contributed by atoms with van der Waals surface area (Å²) in [6, 6.07) is 0. The van der Waals surface area contributed by atoms with E-state index in [9.17, 15) is 4.79 Å². The highest BCUT2D eigenvalue weighted by Crippen LogP contribution is 2.30. The second kappa shape index (κ2) is 6.24. The van der Waals surface area contributed by atoms with Crippen LogP contribution in [-0.2, 0) is 9.53 Å². The molecule has 2 atom stereocenters. The first-order valence-corrected chi connectivity index (χ1v) is 6.50. The van der Waals surface area contributed by atoms with Gasteiger partial charge in [0.1, 0.15) is 0 Å². The molecule has 0 bridgehead atoms. The summed E-state index contributed by atoms with van der Waals surface area (Å²) in [6.07, 6.45) is 7.81. The molecule has 0 aromatic heterocycles. The van der Waals surface area contributed by atoms with Crippen molar-refractivity contribution in [3.8, 4) is 0 Å². The Hall–Kier alpha value is -0.570. The minimum atomic E-state index is -0.139. The number of esters is 1. The van der Waals surface area contributed by atoms with Gasteiger partial charge >= 0.3 is 5.97 Å². The van der Waals surface area contributed by atoms with Crippen molar-refractivity contribution in [1.29, 1.82) is 0 Å². The van der Waals surface area contributed by atoms with Crippen LogP contribution in [0.25, 0.3) is 0 Å². The molecule has 0 aromatic rings. The van der Waals surface area contributed by atoms with Crippen molar-refractivity contribution in [2.75, 3.05) is 7.11 Å². The molecular weight excluding hydrogens is 268 g/mol. The average molecular weight is 287 g/mol. The van der Waals surface area contributed by atoms with Crippen molar-refractivity contribution in [3.63, 3.8) is 0 Å². The van der Waals surface area contributed by atoms with E-state index in [2.05, 4.69) is 35.0 Å². The van der Waals surface area contributed by atoms with Gasteiger partial charge in [0.25, 0.3) is 0 Å². The normalized spacial score (nSPS) is 22.5. The highest BCUT2D eigenvalue weighted by molar-refractivity contribution is 9.12. The van der Waals surface area contributed by atoms with Crippen LogP contribution >= 0.6 is 15.9 Å². The summed E-state index contributed by atoms with van der Waals surface area (Å²) in [6.45, 7) is 3.97. The minimum Gasteiger partial charge on any atom is -0.469 e. The highest BCUT2D eigenvalue weighted by Gasteiger charge is 2.20. The molecule has 0 aliphatic heterocycles. The van der Waals surface area contributed by atoms with E-state index in [-0.39, 0.29) is 17.8 Å². The number of carbonyl (C=O) groups is 1. The molecule has 1 rings (SSSR count). The van der Waals surface area contributed by atoms with Gasteiger partial charge < -0.3 is 4.74 Å². The number of allylic oxidation sites excluding steroid dienone is 4. The topological polar surface area (TPSA) is 26.3 Å². The number of methoxy groups -OCH3 is 1. The van der Waals surface area contributed by atoms with Gasteiger partial charge in [0, 0.05) is 4.48 Å².